The smallest absolute Gasteiger partial charge is 0.272 e. The second-order valence-corrected chi connectivity index (χ2v) is 6.75. The molecule has 2 amide bonds. The van der Waals surface area contributed by atoms with E-state index in [4.69, 9.17) is 4.74 Å². The van der Waals surface area contributed by atoms with Crippen LogP contribution in [0.15, 0.2) is 6.07 Å². The lowest BCUT2D eigenvalue weighted by Crippen LogP contribution is -2.58. The zero-order chi connectivity index (χ0) is 17.3. The van der Waals surface area contributed by atoms with Gasteiger partial charge in [0.25, 0.3) is 5.91 Å². The number of rotatable bonds is 2. The van der Waals surface area contributed by atoms with Crippen molar-refractivity contribution in [2.75, 3.05) is 32.8 Å². The third-order valence-electron chi connectivity index (χ3n) is 5.20. The van der Waals surface area contributed by atoms with Gasteiger partial charge in [-0.3, -0.25) is 14.3 Å². The predicted octanol–water partition coefficient (Wildman–Crippen LogP) is 0.972. The van der Waals surface area contributed by atoms with E-state index in [1.165, 1.54) is 0 Å². The van der Waals surface area contributed by atoms with Gasteiger partial charge >= 0.3 is 0 Å². The maximum absolute atomic E-state index is 13.0. The van der Waals surface area contributed by atoms with Crippen LogP contribution in [0.4, 0.5) is 0 Å². The van der Waals surface area contributed by atoms with Gasteiger partial charge in [0, 0.05) is 46.3 Å². The fourth-order valence-electron chi connectivity index (χ4n) is 3.99. The number of carbonyl (C=O) groups excluding carboxylic acids is 2. The van der Waals surface area contributed by atoms with Crippen LogP contribution in [0.3, 0.4) is 0 Å². The molecule has 3 rings (SSSR count). The summed E-state index contributed by atoms with van der Waals surface area (Å²) in [5, 5.41) is 4.27. The van der Waals surface area contributed by atoms with Gasteiger partial charge in [-0.15, -0.1) is 0 Å². The van der Waals surface area contributed by atoms with Crippen LogP contribution in [0.2, 0.25) is 0 Å². The number of nitrogens with zero attached hydrogens (tertiary/aromatic N) is 4. The first-order valence-electron chi connectivity index (χ1n) is 8.65. The van der Waals surface area contributed by atoms with E-state index >= 15 is 0 Å². The summed E-state index contributed by atoms with van der Waals surface area (Å²) in [6, 6.07) is 1.81. The third-order valence-corrected chi connectivity index (χ3v) is 5.20. The maximum Gasteiger partial charge on any atom is 0.272 e. The molecule has 3 heterocycles. The molecule has 0 unspecified atom stereocenters. The van der Waals surface area contributed by atoms with Crippen LogP contribution in [-0.2, 0) is 16.6 Å². The fraction of sp³-hybridized carbons (Fsp3) is 0.706. The van der Waals surface area contributed by atoms with Crippen LogP contribution in [-0.4, -0.2) is 69.8 Å². The number of aryl methyl sites for hydroxylation is 2. The van der Waals surface area contributed by atoms with Gasteiger partial charge in [0.2, 0.25) is 5.91 Å². The summed E-state index contributed by atoms with van der Waals surface area (Å²) < 4.78 is 7.14. The zero-order valence-corrected chi connectivity index (χ0v) is 14.7. The van der Waals surface area contributed by atoms with Gasteiger partial charge < -0.3 is 14.5 Å². The first-order valence-corrected chi connectivity index (χ1v) is 8.65. The molecule has 24 heavy (non-hydrogen) atoms. The molecule has 1 aromatic heterocycles. The van der Waals surface area contributed by atoms with Crippen molar-refractivity contribution in [2.45, 2.75) is 38.6 Å². The van der Waals surface area contributed by atoms with Crippen molar-refractivity contribution in [3.63, 3.8) is 0 Å². The highest BCUT2D eigenvalue weighted by molar-refractivity contribution is 5.93. The quantitative estimate of drug-likeness (QED) is 0.808. The monoisotopic (exact) mass is 334 g/mol. The van der Waals surface area contributed by atoms with E-state index in [9.17, 15) is 9.59 Å². The molecule has 132 valence electrons. The summed E-state index contributed by atoms with van der Waals surface area (Å²) in [5.74, 6) is 0.0885. The minimum atomic E-state index is -0.302. The van der Waals surface area contributed by atoms with E-state index in [1.807, 2.05) is 29.7 Å². The number of likely N-dealkylation sites (N-methyl/N-ethyl adjacent to an activating group) is 1. The Morgan fingerprint density at radius 2 is 2.08 bits per heavy atom. The van der Waals surface area contributed by atoms with Gasteiger partial charge in [0.1, 0.15) is 5.69 Å². The van der Waals surface area contributed by atoms with Gasteiger partial charge in [-0.05, 0) is 32.8 Å². The Morgan fingerprint density at radius 3 is 2.67 bits per heavy atom. The number of hydrogen-bond acceptors (Lipinski definition) is 4. The number of carbonyl (C=O) groups is 2. The Balaban J connectivity index is 1.91. The van der Waals surface area contributed by atoms with Crippen LogP contribution >= 0.6 is 0 Å². The van der Waals surface area contributed by atoms with Gasteiger partial charge in [-0.1, -0.05) is 0 Å². The van der Waals surface area contributed by atoms with Crippen LogP contribution < -0.4 is 0 Å². The van der Waals surface area contributed by atoms with E-state index in [1.54, 1.807) is 11.7 Å². The highest BCUT2D eigenvalue weighted by Crippen LogP contribution is 2.32. The van der Waals surface area contributed by atoms with E-state index in [-0.39, 0.29) is 17.4 Å². The average Bonchev–Trinajstić information content (AvgIpc) is 2.83. The molecule has 0 radical (unpaired) electrons. The molecule has 0 N–H and O–H groups in total. The van der Waals surface area contributed by atoms with Gasteiger partial charge in [-0.2, -0.15) is 5.10 Å². The van der Waals surface area contributed by atoms with Crippen LogP contribution in [0.1, 0.15) is 42.4 Å². The lowest BCUT2D eigenvalue weighted by Gasteiger charge is -2.46. The Hall–Kier alpha value is -1.89. The molecule has 2 saturated heterocycles. The molecule has 0 bridgehead atoms. The first kappa shape index (κ1) is 17.0. The van der Waals surface area contributed by atoms with Crippen molar-refractivity contribution in [2.24, 2.45) is 7.05 Å². The highest BCUT2D eigenvalue weighted by atomic mass is 16.5. The van der Waals surface area contributed by atoms with E-state index < -0.39 is 0 Å². The predicted molar refractivity (Wildman–Crippen MR) is 88.6 cm³/mol. The van der Waals surface area contributed by atoms with E-state index in [0.717, 1.165) is 18.5 Å². The molecule has 0 aromatic carbocycles. The van der Waals surface area contributed by atoms with Crippen molar-refractivity contribution in [3.8, 4) is 0 Å². The van der Waals surface area contributed by atoms with Crippen molar-refractivity contribution >= 4 is 11.8 Å². The molecule has 0 aliphatic carbocycles. The summed E-state index contributed by atoms with van der Waals surface area (Å²) in [5.41, 5.74) is 1.10. The number of amides is 2. The second-order valence-electron chi connectivity index (χ2n) is 6.75. The largest absolute Gasteiger partial charge is 0.381 e. The van der Waals surface area contributed by atoms with Crippen LogP contribution in [0.25, 0.3) is 0 Å². The van der Waals surface area contributed by atoms with Crippen molar-refractivity contribution < 1.29 is 14.3 Å². The lowest BCUT2D eigenvalue weighted by atomic mass is 9.87. The standard InChI is InChI=1S/C17H26N4O3/c1-4-21-15(22)5-8-20(12-17(21)6-9-24-10-7-17)16(23)14-11-13(2)18-19(14)3/h11H,4-10,12H2,1-3H3. The molecule has 0 atom stereocenters. The summed E-state index contributed by atoms with van der Waals surface area (Å²) >= 11 is 0. The van der Waals surface area contributed by atoms with Crippen molar-refractivity contribution in [1.82, 2.24) is 19.6 Å². The van der Waals surface area contributed by atoms with Gasteiger partial charge in [0.15, 0.2) is 0 Å². The van der Waals surface area contributed by atoms with Crippen LogP contribution in [0.5, 0.6) is 0 Å². The SMILES string of the molecule is CCN1C(=O)CCN(C(=O)c2cc(C)nn2C)CC12CCOCC2. The minimum absolute atomic E-state index is 0.0466. The zero-order valence-electron chi connectivity index (χ0n) is 14.7. The van der Waals surface area contributed by atoms with Crippen LogP contribution in [0, 0.1) is 6.92 Å². The second kappa shape index (κ2) is 6.55. The Labute approximate surface area is 142 Å². The number of aromatic nitrogens is 2. The van der Waals surface area contributed by atoms with Gasteiger partial charge in [-0.25, -0.2) is 0 Å². The number of hydrogen-bond donors (Lipinski definition) is 0. The third kappa shape index (κ3) is 2.92. The van der Waals surface area contributed by atoms with E-state index in [0.29, 0.717) is 45.0 Å². The summed E-state index contributed by atoms with van der Waals surface area (Å²) in [7, 11) is 1.78. The lowest BCUT2D eigenvalue weighted by molar-refractivity contribution is -0.139. The summed E-state index contributed by atoms with van der Waals surface area (Å²) in [6.07, 6.45) is 1.93. The molecule has 2 aliphatic rings. The van der Waals surface area contributed by atoms with E-state index in [2.05, 4.69) is 5.10 Å². The molecule has 1 spiro atoms. The average molecular weight is 334 g/mol. The molecule has 0 saturated carbocycles. The molecule has 2 aliphatic heterocycles. The van der Waals surface area contributed by atoms with Crippen molar-refractivity contribution in [3.05, 3.63) is 17.5 Å². The molecule has 7 nitrogen and oxygen atoms in total. The van der Waals surface area contributed by atoms with Crippen molar-refractivity contribution in [1.29, 1.82) is 0 Å². The Kier molecular flexibility index (Phi) is 4.62. The number of ether oxygens (including phenoxy) is 1. The molecular formula is C17H26N4O3. The summed E-state index contributed by atoms with van der Waals surface area (Å²) in [6.45, 7) is 6.86. The Morgan fingerprint density at radius 1 is 1.38 bits per heavy atom. The topological polar surface area (TPSA) is 67.7 Å². The normalized spacial score (nSPS) is 21.2. The molecular weight excluding hydrogens is 308 g/mol. The van der Waals surface area contributed by atoms with Gasteiger partial charge in [0.05, 0.1) is 11.2 Å². The molecule has 1 aromatic rings. The molecule has 7 heteroatoms. The molecule has 2 fully saturated rings. The maximum atomic E-state index is 13.0. The Bertz CT molecular complexity index is 634. The fourth-order valence-corrected chi connectivity index (χ4v) is 3.99. The minimum Gasteiger partial charge on any atom is -0.381 e. The highest BCUT2D eigenvalue weighted by Gasteiger charge is 2.44. The summed E-state index contributed by atoms with van der Waals surface area (Å²) in [4.78, 5) is 29.4. The first-order chi connectivity index (χ1) is 11.5.